The van der Waals surface area contributed by atoms with Gasteiger partial charge in [-0.2, -0.15) is 0 Å². The summed E-state index contributed by atoms with van der Waals surface area (Å²) in [5, 5.41) is 2.94. The predicted octanol–water partition coefficient (Wildman–Crippen LogP) is -0.248. The van der Waals surface area contributed by atoms with Gasteiger partial charge in [0.15, 0.2) is 0 Å². The minimum absolute atomic E-state index is 0.0250. The molecule has 2 heterocycles. The zero-order chi connectivity index (χ0) is 18.2. The average Bonchev–Trinajstić information content (AvgIpc) is 2.77. The number of amides is 2. The summed E-state index contributed by atoms with van der Waals surface area (Å²) in [6, 6.07) is 6.08. The van der Waals surface area contributed by atoms with Crippen LogP contribution in [0.1, 0.15) is 44.0 Å². The first-order valence-corrected chi connectivity index (χ1v) is 11.2. The fraction of sp³-hybridized carbons (Fsp3) is 0.556. The zero-order valence-electron chi connectivity index (χ0n) is 14.6. The van der Waals surface area contributed by atoms with E-state index in [9.17, 15) is 14.0 Å². The van der Waals surface area contributed by atoms with E-state index < -0.39 is 11.4 Å². The molecule has 0 saturated carbocycles. The average molecular weight is 461 g/mol. The number of benzene rings is 1. The number of piperidine rings is 1. The summed E-state index contributed by atoms with van der Waals surface area (Å²) >= 11 is -0.133. The van der Waals surface area contributed by atoms with Gasteiger partial charge in [-0.25, -0.2) is 0 Å². The third-order valence-electron chi connectivity index (χ3n) is 4.23. The van der Waals surface area contributed by atoms with Crippen molar-refractivity contribution in [3.05, 3.63) is 35.6 Å². The summed E-state index contributed by atoms with van der Waals surface area (Å²) in [6.45, 7) is 5.59. The van der Waals surface area contributed by atoms with Gasteiger partial charge in [-0.05, 0) is 0 Å². The van der Waals surface area contributed by atoms with Crippen molar-refractivity contribution in [1.29, 1.82) is 0 Å². The summed E-state index contributed by atoms with van der Waals surface area (Å²) < 4.78 is 20.5. The molecule has 3 unspecified atom stereocenters. The fourth-order valence-electron chi connectivity index (χ4n) is 3.20. The van der Waals surface area contributed by atoms with Crippen LogP contribution in [0.5, 0.6) is 0 Å². The molecule has 2 amide bonds. The van der Waals surface area contributed by atoms with Gasteiger partial charge < -0.3 is 0 Å². The molecule has 0 radical (unpaired) electrons. The predicted molar refractivity (Wildman–Crippen MR) is 87.4 cm³/mol. The zero-order valence-corrected chi connectivity index (χ0v) is 16.7. The summed E-state index contributed by atoms with van der Waals surface area (Å²) in [4.78, 5) is 26.7. The molecule has 7 heteroatoms. The van der Waals surface area contributed by atoms with Crippen LogP contribution >= 0.6 is 0 Å². The van der Waals surface area contributed by atoms with Crippen molar-refractivity contribution in [3.63, 3.8) is 0 Å². The molecule has 5 nitrogen and oxygen atoms in total. The number of halogens is 2. The SMILES string of the molecule is CC(C)(C)OC(=O)N1C2C[I-]C1CC(NC(=O)c1ccccc1F)C2. The Balaban J connectivity index is 1.63. The molecule has 2 aliphatic heterocycles. The molecule has 1 aromatic carbocycles. The second-order valence-electron chi connectivity index (χ2n) is 7.41. The van der Waals surface area contributed by atoms with Crippen molar-refractivity contribution in [2.24, 2.45) is 0 Å². The number of nitrogens with zero attached hydrogens (tertiary/aromatic N) is 1. The van der Waals surface area contributed by atoms with Gasteiger partial charge in [0.05, 0.1) is 0 Å². The number of hydrogen-bond donors (Lipinski definition) is 1. The van der Waals surface area contributed by atoms with Crippen LogP contribution in [0.4, 0.5) is 9.18 Å². The van der Waals surface area contributed by atoms with Crippen molar-refractivity contribution in [2.45, 2.75) is 55.3 Å². The van der Waals surface area contributed by atoms with Crippen LogP contribution in [0.25, 0.3) is 0 Å². The van der Waals surface area contributed by atoms with Gasteiger partial charge in [-0.15, -0.1) is 0 Å². The van der Waals surface area contributed by atoms with Crippen LogP contribution in [-0.4, -0.2) is 43.1 Å². The Morgan fingerprint density at radius 1 is 1.28 bits per heavy atom. The van der Waals surface area contributed by atoms with E-state index >= 15 is 0 Å². The number of nitrogens with one attached hydrogen (secondary N) is 1. The van der Waals surface area contributed by atoms with Crippen molar-refractivity contribution in [2.75, 3.05) is 4.43 Å². The Bertz CT molecular complexity index is 663. The molecule has 2 bridgehead atoms. The van der Waals surface area contributed by atoms with Crippen molar-refractivity contribution in [1.82, 2.24) is 10.2 Å². The first-order chi connectivity index (χ1) is 11.7. The van der Waals surface area contributed by atoms with Crippen LogP contribution in [0.15, 0.2) is 24.3 Å². The second kappa shape index (κ2) is 7.09. The number of fused-ring (bicyclic) bond motifs is 2. The summed E-state index contributed by atoms with van der Waals surface area (Å²) in [5.41, 5.74) is -0.441. The third-order valence-corrected chi connectivity index (χ3v) is 7.88. The van der Waals surface area contributed by atoms with Crippen LogP contribution in [0.2, 0.25) is 0 Å². The fourth-order valence-corrected chi connectivity index (χ4v) is 7.24. The van der Waals surface area contributed by atoms with Gasteiger partial charge in [0.25, 0.3) is 0 Å². The molecule has 1 aromatic rings. The Labute approximate surface area is 157 Å². The Hall–Kier alpha value is -1.38. The Morgan fingerprint density at radius 3 is 2.64 bits per heavy atom. The molecule has 138 valence electrons. The molecule has 0 aliphatic carbocycles. The van der Waals surface area contributed by atoms with Gasteiger partial charge in [-0.1, -0.05) is 0 Å². The molecular weight excluding hydrogens is 438 g/mol. The van der Waals surface area contributed by atoms with Crippen molar-refractivity contribution in [3.8, 4) is 0 Å². The van der Waals surface area contributed by atoms with Gasteiger partial charge in [0.2, 0.25) is 0 Å². The van der Waals surface area contributed by atoms with E-state index in [4.69, 9.17) is 4.74 Å². The molecule has 2 fully saturated rings. The minimum atomic E-state index is -0.512. The summed E-state index contributed by atoms with van der Waals surface area (Å²) in [5.74, 6) is -0.895. The van der Waals surface area contributed by atoms with Gasteiger partial charge in [0.1, 0.15) is 0 Å². The number of hydrogen-bond acceptors (Lipinski definition) is 3. The molecule has 0 spiro atoms. The van der Waals surface area contributed by atoms with Crippen LogP contribution in [0.3, 0.4) is 0 Å². The number of ether oxygens (including phenoxy) is 1. The Morgan fingerprint density at radius 2 is 2.00 bits per heavy atom. The van der Waals surface area contributed by atoms with Gasteiger partial charge >= 0.3 is 158 Å². The normalized spacial score (nSPS) is 25.9. The molecule has 0 aromatic heterocycles. The van der Waals surface area contributed by atoms with E-state index in [-0.39, 0.29) is 54.9 Å². The number of alkyl halides is 2. The van der Waals surface area contributed by atoms with Crippen LogP contribution in [0, 0.1) is 5.82 Å². The monoisotopic (exact) mass is 461 g/mol. The molecule has 3 rings (SSSR count). The topological polar surface area (TPSA) is 58.6 Å². The first kappa shape index (κ1) is 18.4. The van der Waals surface area contributed by atoms with Gasteiger partial charge in [-0.3, -0.25) is 0 Å². The van der Waals surface area contributed by atoms with Crippen molar-refractivity contribution >= 4 is 12.0 Å². The molecular formula is C18H23FIN2O3-. The van der Waals surface area contributed by atoms with E-state index in [1.54, 1.807) is 12.1 Å². The molecule has 1 N–H and O–H groups in total. The van der Waals surface area contributed by atoms with Gasteiger partial charge in [0, 0.05) is 0 Å². The molecule has 3 atom stereocenters. The quantitative estimate of drug-likeness (QED) is 0.376. The van der Waals surface area contributed by atoms with E-state index in [0.29, 0.717) is 6.42 Å². The standard InChI is InChI=1S/C18H23FIN2O3/c1-18(2,3)25-17(24)22-12-8-11(9-15(22)20-10-12)21-16(23)13-6-4-5-7-14(13)19/h4-7,11-12,15H,8-10H2,1-3H3,(H,21,23)/q-1. The Kier molecular flexibility index (Phi) is 5.22. The summed E-state index contributed by atoms with van der Waals surface area (Å²) in [7, 11) is 0. The number of carbonyl (C=O) groups is 2. The molecule has 2 aliphatic rings. The van der Waals surface area contributed by atoms with E-state index in [0.717, 1.165) is 10.8 Å². The second-order valence-corrected chi connectivity index (χ2v) is 10.6. The third kappa shape index (κ3) is 4.24. The number of carbonyl (C=O) groups excluding carboxylic acids is 2. The molecule has 2 saturated heterocycles. The van der Waals surface area contributed by atoms with E-state index in [1.165, 1.54) is 12.1 Å². The maximum atomic E-state index is 13.8. The molecule has 25 heavy (non-hydrogen) atoms. The maximum absolute atomic E-state index is 13.8. The number of rotatable bonds is 2. The summed E-state index contributed by atoms with van der Waals surface area (Å²) in [6.07, 6.45) is 1.18. The van der Waals surface area contributed by atoms with Crippen molar-refractivity contribution < 1.29 is 39.9 Å². The first-order valence-electron chi connectivity index (χ1n) is 8.39. The van der Waals surface area contributed by atoms with E-state index in [2.05, 4.69) is 5.32 Å². The van der Waals surface area contributed by atoms with E-state index in [1.807, 2.05) is 25.7 Å². The van der Waals surface area contributed by atoms with Crippen LogP contribution < -0.4 is 26.5 Å². The van der Waals surface area contributed by atoms with Crippen LogP contribution in [-0.2, 0) is 4.74 Å².